The van der Waals surface area contributed by atoms with Gasteiger partial charge in [0.2, 0.25) is 0 Å². The molecule has 0 amide bonds. The van der Waals surface area contributed by atoms with Gasteiger partial charge in [-0.2, -0.15) is 0 Å². The third-order valence-electron chi connectivity index (χ3n) is 4.40. The van der Waals surface area contributed by atoms with Gasteiger partial charge in [-0.25, -0.2) is 0 Å². The van der Waals surface area contributed by atoms with E-state index < -0.39 is 0 Å². The number of ether oxygens (including phenoxy) is 1. The molecule has 3 nitrogen and oxygen atoms in total. The van der Waals surface area contributed by atoms with Crippen molar-refractivity contribution in [2.24, 2.45) is 5.41 Å². The van der Waals surface area contributed by atoms with Crippen LogP contribution in [0.15, 0.2) is 0 Å². The van der Waals surface area contributed by atoms with Crippen LogP contribution in [0.2, 0.25) is 0 Å². The van der Waals surface area contributed by atoms with Crippen LogP contribution < -0.4 is 0 Å². The third kappa shape index (κ3) is 4.44. The number of fused-ring (bicyclic) bond motifs is 2. The molecule has 3 fully saturated rings. The van der Waals surface area contributed by atoms with Crippen molar-refractivity contribution in [3.05, 3.63) is 0 Å². The quantitative estimate of drug-likeness (QED) is 0.736. The number of rotatable bonds is 6. The molecule has 2 atom stereocenters. The van der Waals surface area contributed by atoms with Gasteiger partial charge < -0.3 is 9.64 Å². The van der Waals surface area contributed by atoms with E-state index in [4.69, 9.17) is 4.74 Å². The molecule has 3 rings (SSSR count). The molecule has 2 bridgehead atoms. The average molecular weight is 268 g/mol. The van der Waals surface area contributed by atoms with Gasteiger partial charge in [-0.1, -0.05) is 20.8 Å². The zero-order valence-electron chi connectivity index (χ0n) is 13.5. The third-order valence-corrected chi connectivity index (χ3v) is 4.40. The van der Waals surface area contributed by atoms with E-state index in [2.05, 4.69) is 44.4 Å². The van der Waals surface area contributed by atoms with E-state index >= 15 is 0 Å². The fourth-order valence-electron chi connectivity index (χ4n) is 3.21. The molecule has 3 aliphatic heterocycles. The van der Waals surface area contributed by atoms with Crippen molar-refractivity contribution in [3.8, 4) is 0 Å². The molecular formula is C16H32N2O. The van der Waals surface area contributed by atoms with Crippen LogP contribution in [0.1, 0.15) is 47.5 Å². The van der Waals surface area contributed by atoms with Gasteiger partial charge in [0.15, 0.2) is 0 Å². The molecule has 3 heterocycles. The molecule has 112 valence electrons. The van der Waals surface area contributed by atoms with Gasteiger partial charge in [0.05, 0.1) is 12.7 Å². The first-order valence-electron chi connectivity index (χ1n) is 7.95. The van der Waals surface area contributed by atoms with Crippen molar-refractivity contribution in [1.82, 2.24) is 9.80 Å². The van der Waals surface area contributed by atoms with Crippen molar-refractivity contribution >= 4 is 0 Å². The first-order chi connectivity index (χ1) is 8.85. The molecule has 0 aromatic carbocycles. The number of piperidine rings is 1. The van der Waals surface area contributed by atoms with E-state index in [1.54, 1.807) is 0 Å². The Balaban J connectivity index is 1.67. The molecule has 3 heteroatoms. The first kappa shape index (κ1) is 15.3. The predicted octanol–water partition coefficient (Wildman–Crippen LogP) is 2.61. The Labute approximate surface area is 119 Å². The van der Waals surface area contributed by atoms with E-state index in [0.717, 1.165) is 25.2 Å². The second-order valence-corrected chi connectivity index (χ2v) is 7.77. The highest BCUT2D eigenvalue weighted by molar-refractivity contribution is 5.00. The summed E-state index contributed by atoms with van der Waals surface area (Å²) in [6.45, 7) is 17.1. The zero-order chi connectivity index (χ0) is 14.0. The lowest BCUT2D eigenvalue weighted by Gasteiger charge is -2.56. The second kappa shape index (κ2) is 6.11. The molecular weight excluding hydrogens is 236 g/mol. The Bertz CT molecular complexity index is 273. The minimum Gasteiger partial charge on any atom is -0.377 e. The van der Waals surface area contributed by atoms with E-state index in [9.17, 15) is 0 Å². The van der Waals surface area contributed by atoms with Crippen molar-refractivity contribution in [1.29, 1.82) is 0 Å². The largest absolute Gasteiger partial charge is 0.377 e. The Kier molecular flexibility index (Phi) is 4.91. The molecule has 0 aliphatic carbocycles. The van der Waals surface area contributed by atoms with Crippen LogP contribution in [0.5, 0.6) is 0 Å². The number of nitrogens with zero attached hydrogens (tertiary/aromatic N) is 2. The lowest BCUT2D eigenvalue weighted by Crippen LogP contribution is -2.69. The minimum absolute atomic E-state index is 0.365. The Morgan fingerprint density at radius 1 is 1.11 bits per heavy atom. The number of hydrogen-bond donors (Lipinski definition) is 0. The molecule has 0 radical (unpaired) electrons. The molecule has 0 spiro atoms. The van der Waals surface area contributed by atoms with Crippen molar-refractivity contribution < 1.29 is 4.74 Å². The van der Waals surface area contributed by atoms with Crippen molar-refractivity contribution in [3.63, 3.8) is 0 Å². The maximum atomic E-state index is 5.68. The highest BCUT2D eigenvalue weighted by Gasteiger charge is 2.43. The topological polar surface area (TPSA) is 15.7 Å². The summed E-state index contributed by atoms with van der Waals surface area (Å²) >= 11 is 0. The van der Waals surface area contributed by atoms with Crippen LogP contribution >= 0.6 is 0 Å². The van der Waals surface area contributed by atoms with Crippen molar-refractivity contribution in [2.45, 2.75) is 65.6 Å². The SMILES string of the molecule is CC(C)OCCN1C2CC1CN(CCC(C)(C)C)C2. The lowest BCUT2D eigenvalue weighted by atomic mass is 9.86. The summed E-state index contributed by atoms with van der Waals surface area (Å²) in [7, 11) is 0. The fourth-order valence-corrected chi connectivity index (χ4v) is 3.21. The van der Waals surface area contributed by atoms with E-state index in [1.165, 1.54) is 32.5 Å². The van der Waals surface area contributed by atoms with Gasteiger partial charge in [0.25, 0.3) is 0 Å². The summed E-state index contributed by atoms with van der Waals surface area (Å²) < 4.78 is 5.68. The first-order valence-corrected chi connectivity index (χ1v) is 7.95. The van der Waals surface area contributed by atoms with Crippen LogP contribution in [-0.2, 0) is 4.74 Å². The molecule has 0 saturated carbocycles. The van der Waals surface area contributed by atoms with E-state index in [1.807, 2.05) is 0 Å². The zero-order valence-corrected chi connectivity index (χ0v) is 13.5. The Hall–Kier alpha value is -0.120. The summed E-state index contributed by atoms with van der Waals surface area (Å²) in [5, 5.41) is 0. The molecule has 0 aromatic heterocycles. The van der Waals surface area contributed by atoms with Gasteiger partial charge in [0, 0.05) is 31.7 Å². The molecule has 0 N–H and O–H groups in total. The van der Waals surface area contributed by atoms with Crippen LogP contribution in [0.3, 0.4) is 0 Å². The number of hydrogen-bond acceptors (Lipinski definition) is 3. The van der Waals surface area contributed by atoms with Crippen LogP contribution in [0.4, 0.5) is 0 Å². The highest BCUT2D eigenvalue weighted by atomic mass is 16.5. The van der Waals surface area contributed by atoms with Crippen LogP contribution in [-0.4, -0.2) is 60.8 Å². The number of piperazine rings is 1. The molecule has 2 unspecified atom stereocenters. The van der Waals surface area contributed by atoms with Crippen LogP contribution in [0, 0.1) is 5.41 Å². The monoisotopic (exact) mass is 268 g/mol. The summed E-state index contributed by atoms with van der Waals surface area (Å²) in [5.74, 6) is 0. The smallest absolute Gasteiger partial charge is 0.0597 e. The van der Waals surface area contributed by atoms with Gasteiger partial charge >= 0.3 is 0 Å². The van der Waals surface area contributed by atoms with Crippen LogP contribution in [0.25, 0.3) is 0 Å². The normalized spacial score (nSPS) is 28.7. The maximum Gasteiger partial charge on any atom is 0.0597 e. The molecule has 3 aliphatic rings. The molecule has 3 saturated heterocycles. The second-order valence-electron chi connectivity index (χ2n) is 7.77. The Morgan fingerprint density at radius 2 is 1.74 bits per heavy atom. The molecule has 19 heavy (non-hydrogen) atoms. The fraction of sp³-hybridized carbons (Fsp3) is 1.00. The van der Waals surface area contributed by atoms with E-state index in [0.29, 0.717) is 11.5 Å². The van der Waals surface area contributed by atoms with Gasteiger partial charge in [-0.3, -0.25) is 4.90 Å². The molecule has 0 aromatic rings. The predicted molar refractivity (Wildman–Crippen MR) is 80.5 cm³/mol. The van der Waals surface area contributed by atoms with Gasteiger partial charge in [-0.15, -0.1) is 0 Å². The van der Waals surface area contributed by atoms with Crippen molar-refractivity contribution in [2.75, 3.05) is 32.8 Å². The van der Waals surface area contributed by atoms with E-state index in [-0.39, 0.29) is 0 Å². The van der Waals surface area contributed by atoms with Gasteiger partial charge in [0.1, 0.15) is 0 Å². The highest BCUT2D eigenvalue weighted by Crippen LogP contribution is 2.32. The summed E-state index contributed by atoms with van der Waals surface area (Å²) in [6, 6.07) is 1.60. The maximum absolute atomic E-state index is 5.68. The average Bonchev–Trinajstić information content (AvgIpc) is 2.31. The minimum atomic E-state index is 0.365. The summed E-state index contributed by atoms with van der Waals surface area (Å²) in [6.07, 6.45) is 3.08. The Morgan fingerprint density at radius 3 is 2.26 bits per heavy atom. The standard InChI is InChI=1S/C16H32N2O/c1-13(2)19-9-8-18-14-10-15(18)12-17(11-14)7-6-16(3,4)5/h13-15H,6-12H2,1-5H3. The van der Waals surface area contributed by atoms with Gasteiger partial charge in [-0.05, 0) is 38.6 Å². The summed E-state index contributed by atoms with van der Waals surface area (Å²) in [5.41, 5.74) is 0.465. The lowest BCUT2D eigenvalue weighted by molar-refractivity contribution is -0.0851. The summed E-state index contributed by atoms with van der Waals surface area (Å²) in [4.78, 5) is 5.33.